The van der Waals surface area contributed by atoms with E-state index in [0.29, 0.717) is 12.2 Å². The van der Waals surface area contributed by atoms with Crippen LogP contribution in [0.15, 0.2) is 29.2 Å². The number of amides is 2. The van der Waals surface area contributed by atoms with Gasteiger partial charge in [0.1, 0.15) is 0 Å². The predicted octanol–water partition coefficient (Wildman–Crippen LogP) is 1.71. The molecular weight excluding hydrogens is 366 g/mol. The van der Waals surface area contributed by atoms with E-state index < -0.39 is 10.0 Å². The number of anilines is 1. The molecule has 146 valence electrons. The molecule has 1 heterocycles. The third-order valence-corrected chi connectivity index (χ3v) is 6.86. The molecule has 1 saturated heterocycles. The Kier molecular flexibility index (Phi) is 4.94. The zero-order valence-corrected chi connectivity index (χ0v) is 16.0. The summed E-state index contributed by atoms with van der Waals surface area (Å²) in [4.78, 5) is 26.9. The van der Waals surface area contributed by atoms with Gasteiger partial charge in [-0.2, -0.15) is 0 Å². The first-order chi connectivity index (χ1) is 12.9. The van der Waals surface area contributed by atoms with Crippen LogP contribution >= 0.6 is 0 Å². The minimum atomic E-state index is -3.56. The highest BCUT2D eigenvalue weighted by Gasteiger charge is 2.36. The molecule has 3 fully saturated rings. The molecule has 0 spiro atoms. The smallest absolute Gasteiger partial charge is 0.240 e. The molecule has 1 atom stereocenters. The van der Waals surface area contributed by atoms with Crippen LogP contribution in [0.3, 0.4) is 0 Å². The van der Waals surface area contributed by atoms with E-state index in [1.54, 1.807) is 12.1 Å². The van der Waals surface area contributed by atoms with Crippen LogP contribution in [0.5, 0.6) is 0 Å². The van der Waals surface area contributed by atoms with E-state index in [0.717, 1.165) is 45.1 Å². The van der Waals surface area contributed by atoms with Crippen molar-refractivity contribution >= 4 is 27.5 Å². The summed E-state index contributed by atoms with van der Waals surface area (Å²) in [5.41, 5.74) is 0.462. The number of nitrogens with one attached hydrogen (secondary N) is 2. The molecule has 1 aromatic rings. The lowest BCUT2D eigenvalue weighted by atomic mass is 9.96. The largest absolute Gasteiger partial charge is 0.342 e. The van der Waals surface area contributed by atoms with Gasteiger partial charge < -0.3 is 10.2 Å². The van der Waals surface area contributed by atoms with E-state index in [1.807, 2.05) is 4.90 Å². The molecule has 2 amide bonds. The quantitative estimate of drug-likeness (QED) is 0.772. The number of hydrogen-bond donors (Lipinski definition) is 2. The molecule has 27 heavy (non-hydrogen) atoms. The van der Waals surface area contributed by atoms with Crippen molar-refractivity contribution in [1.82, 2.24) is 9.62 Å². The van der Waals surface area contributed by atoms with Crippen LogP contribution in [0, 0.1) is 11.8 Å². The van der Waals surface area contributed by atoms with E-state index in [2.05, 4.69) is 10.0 Å². The van der Waals surface area contributed by atoms with E-state index in [9.17, 15) is 18.0 Å². The Balaban J connectivity index is 1.40. The van der Waals surface area contributed by atoms with E-state index in [4.69, 9.17) is 0 Å². The maximum Gasteiger partial charge on any atom is 0.240 e. The fourth-order valence-corrected chi connectivity index (χ4v) is 4.80. The van der Waals surface area contributed by atoms with Crippen LogP contribution in [0.25, 0.3) is 0 Å². The SMILES string of the molecule is O=C(Nc1cccc(S(=O)(=O)NC2CC2)c1)C1CCCN(C(=O)C2CC2)C1. The van der Waals surface area contributed by atoms with Gasteiger partial charge in [0.25, 0.3) is 0 Å². The second-order valence-corrected chi connectivity index (χ2v) is 9.52. The Labute approximate surface area is 159 Å². The number of carbonyl (C=O) groups is 2. The monoisotopic (exact) mass is 391 g/mol. The highest BCUT2D eigenvalue weighted by Crippen LogP contribution is 2.32. The first-order valence-corrected chi connectivity index (χ1v) is 11.1. The number of carbonyl (C=O) groups excluding carboxylic acids is 2. The molecule has 0 aromatic heterocycles. The number of likely N-dealkylation sites (tertiary alicyclic amines) is 1. The molecule has 1 unspecified atom stereocenters. The second kappa shape index (κ2) is 7.24. The van der Waals surface area contributed by atoms with Gasteiger partial charge in [0, 0.05) is 30.7 Å². The first kappa shape index (κ1) is 18.4. The van der Waals surface area contributed by atoms with Crippen LogP contribution in [-0.2, 0) is 19.6 Å². The number of nitrogens with zero attached hydrogens (tertiary/aromatic N) is 1. The van der Waals surface area contributed by atoms with E-state index in [-0.39, 0.29) is 34.6 Å². The molecule has 2 saturated carbocycles. The third-order valence-electron chi connectivity index (χ3n) is 5.34. The standard InChI is InChI=1S/C19H25N3O4S/c23-18(14-3-2-10-22(12-14)19(24)13-6-7-13)20-16-4-1-5-17(11-16)27(25,26)21-15-8-9-15/h1,4-5,11,13-15,21H,2-3,6-10,12H2,(H,20,23). The Morgan fingerprint density at radius 1 is 1.04 bits per heavy atom. The Morgan fingerprint density at radius 2 is 1.81 bits per heavy atom. The summed E-state index contributed by atoms with van der Waals surface area (Å²) in [7, 11) is -3.56. The normalized spacial score (nSPS) is 23.1. The maximum atomic E-state index is 12.7. The summed E-state index contributed by atoms with van der Waals surface area (Å²) in [5, 5.41) is 2.83. The fraction of sp³-hybridized carbons (Fsp3) is 0.579. The second-order valence-electron chi connectivity index (χ2n) is 7.81. The van der Waals surface area contributed by atoms with Crippen LogP contribution in [0.1, 0.15) is 38.5 Å². The van der Waals surface area contributed by atoms with Crippen molar-refractivity contribution in [1.29, 1.82) is 0 Å². The number of sulfonamides is 1. The van der Waals surface area contributed by atoms with Crippen LogP contribution in [0.4, 0.5) is 5.69 Å². The van der Waals surface area contributed by atoms with Crippen molar-refractivity contribution < 1.29 is 18.0 Å². The van der Waals surface area contributed by atoms with Crippen LogP contribution in [-0.4, -0.2) is 44.3 Å². The summed E-state index contributed by atoms with van der Waals surface area (Å²) in [5.74, 6) is -0.0845. The van der Waals surface area contributed by atoms with Crippen molar-refractivity contribution in [3.05, 3.63) is 24.3 Å². The van der Waals surface area contributed by atoms with Gasteiger partial charge in [-0.1, -0.05) is 6.07 Å². The number of benzene rings is 1. The minimum Gasteiger partial charge on any atom is -0.342 e. The van der Waals surface area contributed by atoms with Gasteiger partial charge in [0.15, 0.2) is 0 Å². The summed E-state index contributed by atoms with van der Waals surface area (Å²) in [6.45, 7) is 1.17. The van der Waals surface area contributed by atoms with Crippen LogP contribution in [0.2, 0.25) is 0 Å². The number of rotatable bonds is 6. The summed E-state index contributed by atoms with van der Waals surface area (Å²) in [6.07, 6.45) is 5.21. The van der Waals surface area contributed by atoms with Gasteiger partial charge in [0.05, 0.1) is 10.8 Å². The molecule has 0 bridgehead atoms. The van der Waals surface area contributed by atoms with Gasteiger partial charge in [-0.15, -0.1) is 0 Å². The molecular formula is C19H25N3O4S. The van der Waals surface area contributed by atoms with Crippen LogP contribution < -0.4 is 10.0 Å². The lowest BCUT2D eigenvalue weighted by molar-refractivity contribution is -0.135. The molecule has 0 radical (unpaired) electrons. The van der Waals surface area contributed by atoms with E-state index in [1.165, 1.54) is 12.1 Å². The molecule has 1 aliphatic heterocycles. The van der Waals surface area contributed by atoms with Crippen molar-refractivity contribution in [2.75, 3.05) is 18.4 Å². The molecule has 2 N–H and O–H groups in total. The van der Waals surface area contributed by atoms with Crippen molar-refractivity contribution in [3.63, 3.8) is 0 Å². The average Bonchev–Trinajstić information content (AvgIpc) is 3.56. The van der Waals surface area contributed by atoms with Gasteiger partial charge in [-0.3, -0.25) is 9.59 Å². The average molecular weight is 391 g/mol. The Morgan fingerprint density at radius 3 is 2.52 bits per heavy atom. The Hall–Kier alpha value is -1.93. The molecule has 3 aliphatic rings. The molecule has 8 heteroatoms. The maximum absolute atomic E-state index is 12.7. The molecule has 7 nitrogen and oxygen atoms in total. The zero-order valence-electron chi connectivity index (χ0n) is 15.2. The number of hydrogen-bond acceptors (Lipinski definition) is 4. The van der Waals surface area contributed by atoms with E-state index >= 15 is 0 Å². The highest BCUT2D eigenvalue weighted by molar-refractivity contribution is 7.89. The summed E-state index contributed by atoms with van der Waals surface area (Å²) in [6, 6.07) is 6.35. The fourth-order valence-electron chi connectivity index (χ4n) is 3.45. The zero-order chi connectivity index (χ0) is 19.0. The predicted molar refractivity (Wildman–Crippen MR) is 100 cm³/mol. The van der Waals surface area contributed by atoms with Crippen molar-refractivity contribution in [2.24, 2.45) is 11.8 Å². The highest BCUT2D eigenvalue weighted by atomic mass is 32.2. The third kappa shape index (κ3) is 4.50. The molecule has 4 rings (SSSR count). The van der Waals surface area contributed by atoms with Gasteiger partial charge in [-0.25, -0.2) is 13.1 Å². The number of piperidine rings is 1. The van der Waals surface area contributed by atoms with Crippen molar-refractivity contribution in [3.8, 4) is 0 Å². The van der Waals surface area contributed by atoms with Crippen molar-refractivity contribution in [2.45, 2.75) is 49.5 Å². The lowest BCUT2D eigenvalue weighted by Gasteiger charge is -2.32. The summed E-state index contributed by atoms with van der Waals surface area (Å²) >= 11 is 0. The first-order valence-electron chi connectivity index (χ1n) is 9.64. The molecule has 2 aliphatic carbocycles. The lowest BCUT2D eigenvalue weighted by Crippen LogP contribution is -2.44. The summed E-state index contributed by atoms with van der Waals surface area (Å²) < 4.78 is 27.3. The Bertz CT molecular complexity index is 846. The topological polar surface area (TPSA) is 95.6 Å². The van der Waals surface area contributed by atoms with Gasteiger partial charge in [0.2, 0.25) is 21.8 Å². The van der Waals surface area contributed by atoms with Gasteiger partial charge in [-0.05, 0) is 56.7 Å². The minimum absolute atomic E-state index is 0.0328. The van der Waals surface area contributed by atoms with Gasteiger partial charge >= 0.3 is 0 Å². The molecule has 1 aromatic carbocycles.